The van der Waals surface area contributed by atoms with Gasteiger partial charge in [0.05, 0.1) is 35.9 Å². The van der Waals surface area contributed by atoms with E-state index in [1.807, 2.05) is 24.3 Å². The zero-order chi connectivity index (χ0) is 15.4. The van der Waals surface area contributed by atoms with Crippen LogP contribution < -0.4 is 20.7 Å². The largest absolute Gasteiger partial charge is 0.496 e. The Labute approximate surface area is 133 Å². The highest BCUT2D eigenvalue weighted by Crippen LogP contribution is 2.38. The van der Waals surface area contributed by atoms with Crippen molar-refractivity contribution in [3.8, 4) is 11.5 Å². The second-order valence-corrected chi connectivity index (χ2v) is 5.16. The third kappa shape index (κ3) is 3.24. The molecule has 0 aliphatic rings. The van der Waals surface area contributed by atoms with Gasteiger partial charge in [0, 0.05) is 0 Å². The summed E-state index contributed by atoms with van der Waals surface area (Å²) in [5.74, 6) is 7.07. The van der Waals surface area contributed by atoms with Gasteiger partial charge in [0.2, 0.25) is 0 Å². The fourth-order valence-corrected chi connectivity index (χ4v) is 2.51. The summed E-state index contributed by atoms with van der Waals surface area (Å²) in [6.07, 6.45) is 0. The lowest BCUT2D eigenvalue weighted by Crippen LogP contribution is -2.29. The van der Waals surface area contributed by atoms with Gasteiger partial charge in [-0.3, -0.25) is 5.84 Å². The number of ether oxygens (including phenoxy) is 2. The Bertz CT molecular complexity index is 613. The monoisotopic (exact) mass is 326 g/mol. The molecule has 21 heavy (non-hydrogen) atoms. The van der Waals surface area contributed by atoms with Gasteiger partial charge in [-0.2, -0.15) is 0 Å². The third-order valence-electron chi connectivity index (χ3n) is 3.20. The Morgan fingerprint density at radius 1 is 1.00 bits per heavy atom. The van der Waals surface area contributed by atoms with Crippen molar-refractivity contribution in [2.24, 2.45) is 5.84 Å². The summed E-state index contributed by atoms with van der Waals surface area (Å²) in [7, 11) is 3.20. The van der Waals surface area contributed by atoms with Crippen LogP contribution in [0.25, 0.3) is 0 Å². The highest BCUT2D eigenvalue weighted by atomic mass is 35.5. The van der Waals surface area contributed by atoms with Crippen molar-refractivity contribution in [2.45, 2.75) is 6.04 Å². The molecule has 0 radical (unpaired) electrons. The normalized spacial score (nSPS) is 12.0. The van der Waals surface area contributed by atoms with E-state index in [4.69, 9.17) is 38.5 Å². The lowest BCUT2D eigenvalue weighted by Gasteiger charge is -2.22. The van der Waals surface area contributed by atoms with Gasteiger partial charge in [-0.25, -0.2) is 5.43 Å². The van der Waals surface area contributed by atoms with Gasteiger partial charge in [-0.05, 0) is 29.8 Å². The third-order valence-corrected chi connectivity index (χ3v) is 3.94. The molecule has 0 aliphatic heterocycles. The SMILES string of the molecule is COc1cccc(OC)c1C(NN)c1ccc(Cl)c(Cl)c1. The van der Waals surface area contributed by atoms with Gasteiger partial charge in [0.25, 0.3) is 0 Å². The fraction of sp³-hybridized carbons (Fsp3) is 0.200. The number of methoxy groups -OCH3 is 2. The maximum atomic E-state index is 6.09. The number of hydrogen-bond acceptors (Lipinski definition) is 4. The molecule has 0 saturated carbocycles. The predicted molar refractivity (Wildman–Crippen MR) is 85.2 cm³/mol. The van der Waals surface area contributed by atoms with Gasteiger partial charge < -0.3 is 9.47 Å². The van der Waals surface area contributed by atoms with Crippen LogP contribution in [0.15, 0.2) is 36.4 Å². The first-order valence-corrected chi connectivity index (χ1v) is 7.00. The van der Waals surface area contributed by atoms with E-state index in [0.717, 1.165) is 11.1 Å². The van der Waals surface area contributed by atoms with Crippen LogP contribution in [0.1, 0.15) is 17.2 Å². The van der Waals surface area contributed by atoms with Crippen LogP contribution in [0.2, 0.25) is 10.0 Å². The average Bonchev–Trinajstić information content (AvgIpc) is 2.51. The number of hydrogen-bond donors (Lipinski definition) is 2. The van der Waals surface area contributed by atoms with Gasteiger partial charge in [-0.1, -0.05) is 35.3 Å². The van der Waals surface area contributed by atoms with Crippen LogP contribution in [0, 0.1) is 0 Å². The molecule has 2 rings (SSSR count). The van der Waals surface area contributed by atoms with Crippen LogP contribution in [-0.2, 0) is 0 Å². The Hall–Kier alpha value is -1.46. The minimum Gasteiger partial charge on any atom is -0.496 e. The van der Waals surface area contributed by atoms with E-state index < -0.39 is 0 Å². The lowest BCUT2D eigenvalue weighted by molar-refractivity contribution is 0.377. The minimum absolute atomic E-state index is 0.342. The fourth-order valence-electron chi connectivity index (χ4n) is 2.20. The molecule has 0 heterocycles. The number of halogens is 2. The summed E-state index contributed by atoms with van der Waals surface area (Å²) in [4.78, 5) is 0. The molecule has 0 saturated heterocycles. The number of hydrazine groups is 1. The van der Waals surface area contributed by atoms with Gasteiger partial charge in [0.1, 0.15) is 11.5 Å². The smallest absolute Gasteiger partial charge is 0.127 e. The molecule has 0 aliphatic carbocycles. The first-order valence-electron chi connectivity index (χ1n) is 6.24. The van der Waals surface area contributed by atoms with Crippen LogP contribution in [-0.4, -0.2) is 14.2 Å². The van der Waals surface area contributed by atoms with Crippen LogP contribution in [0.4, 0.5) is 0 Å². The van der Waals surface area contributed by atoms with E-state index in [1.54, 1.807) is 26.4 Å². The topological polar surface area (TPSA) is 56.5 Å². The van der Waals surface area contributed by atoms with Crippen LogP contribution in [0.3, 0.4) is 0 Å². The maximum Gasteiger partial charge on any atom is 0.127 e. The highest BCUT2D eigenvalue weighted by molar-refractivity contribution is 6.42. The van der Waals surface area contributed by atoms with Gasteiger partial charge in [-0.15, -0.1) is 0 Å². The summed E-state index contributed by atoms with van der Waals surface area (Å²) in [6, 6.07) is 10.5. The minimum atomic E-state index is -0.342. The lowest BCUT2D eigenvalue weighted by atomic mass is 9.97. The first-order chi connectivity index (χ1) is 10.1. The second kappa shape index (κ2) is 7.00. The molecular weight excluding hydrogens is 311 g/mol. The number of benzene rings is 2. The first kappa shape index (κ1) is 15.9. The van der Waals surface area contributed by atoms with Crippen molar-refractivity contribution < 1.29 is 9.47 Å². The molecule has 0 fully saturated rings. The number of nitrogens with two attached hydrogens (primary N) is 1. The molecule has 0 bridgehead atoms. The number of nitrogens with one attached hydrogen (secondary N) is 1. The molecule has 1 atom stereocenters. The molecule has 1 unspecified atom stereocenters. The van der Waals surface area contributed by atoms with E-state index in [-0.39, 0.29) is 6.04 Å². The standard InChI is InChI=1S/C15H16Cl2N2O2/c1-20-12-4-3-5-13(21-2)14(12)15(19-18)9-6-7-10(16)11(17)8-9/h3-8,15,19H,18H2,1-2H3. The van der Waals surface area contributed by atoms with Gasteiger partial charge >= 0.3 is 0 Å². The Kier molecular flexibility index (Phi) is 5.31. The van der Waals surface area contributed by atoms with Gasteiger partial charge in [0.15, 0.2) is 0 Å². The van der Waals surface area contributed by atoms with E-state index >= 15 is 0 Å². The molecule has 2 aromatic rings. The van der Waals surface area contributed by atoms with Crippen molar-refractivity contribution in [2.75, 3.05) is 14.2 Å². The molecule has 0 amide bonds. The van der Waals surface area contributed by atoms with Crippen molar-refractivity contribution in [3.63, 3.8) is 0 Å². The van der Waals surface area contributed by atoms with Crippen LogP contribution in [0.5, 0.6) is 11.5 Å². The second-order valence-electron chi connectivity index (χ2n) is 4.35. The zero-order valence-electron chi connectivity index (χ0n) is 11.7. The summed E-state index contributed by atoms with van der Waals surface area (Å²) in [5.41, 5.74) is 4.42. The Morgan fingerprint density at radius 2 is 1.62 bits per heavy atom. The molecule has 0 spiro atoms. The molecule has 0 aromatic heterocycles. The molecule has 112 valence electrons. The summed E-state index contributed by atoms with van der Waals surface area (Å²) in [6.45, 7) is 0. The molecule has 4 nitrogen and oxygen atoms in total. The molecule has 2 aromatic carbocycles. The Morgan fingerprint density at radius 3 is 2.10 bits per heavy atom. The average molecular weight is 327 g/mol. The molecular formula is C15H16Cl2N2O2. The summed E-state index contributed by atoms with van der Waals surface area (Å²) >= 11 is 12.0. The van der Waals surface area contributed by atoms with E-state index in [9.17, 15) is 0 Å². The quantitative estimate of drug-likeness (QED) is 0.651. The van der Waals surface area contributed by atoms with Crippen molar-refractivity contribution in [1.29, 1.82) is 0 Å². The zero-order valence-corrected chi connectivity index (χ0v) is 13.2. The van der Waals surface area contributed by atoms with E-state index in [2.05, 4.69) is 5.43 Å². The van der Waals surface area contributed by atoms with Crippen molar-refractivity contribution >= 4 is 23.2 Å². The molecule has 6 heteroatoms. The highest BCUT2D eigenvalue weighted by Gasteiger charge is 2.22. The maximum absolute atomic E-state index is 6.09. The van der Waals surface area contributed by atoms with E-state index in [0.29, 0.717) is 21.5 Å². The van der Waals surface area contributed by atoms with Crippen molar-refractivity contribution in [1.82, 2.24) is 5.43 Å². The summed E-state index contributed by atoms with van der Waals surface area (Å²) in [5, 5.41) is 0.950. The van der Waals surface area contributed by atoms with E-state index in [1.165, 1.54) is 0 Å². The molecule has 3 N–H and O–H groups in total. The van der Waals surface area contributed by atoms with Crippen molar-refractivity contribution in [3.05, 3.63) is 57.6 Å². The number of rotatable bonds is 5. The summed E-state index contributed by atoms with van der Waals surface area (Å²) < 4.78 is 10.8. The predicted octanol–water partition coefficient (Wildman–Crippen LogP) is 3.56. The van der Waals surface area contributed by atoms with Crippen LogP contribution >= 0.6 is 23.2 Å². The Balaban J connectivity index is 2.57.